The van der Waals surface area contributed by atoms with E-state index in [1.165, 1.54) is 6.20 Å². The fraction of sp³-hybridized carbons (Fsp3) is 0.320. The summed E-state index contributed by atoms with van der Waals surface area (Å²) in [7, 11) is 1.63. The van der Waals surface area contributed by atoms with Crippen molar-refractivity contribution in [3.05, 3.63) is 57.9 Å². The fourth-order valence-electron chi connectivity index (χ4n) is 4.35. The lowest BCUT2D eigenvalue weighted by molar-refractivity contribution is 0.173. The van der Waals surface area contributed by atoms with Gasteiger partial charge >= 0.3 is 6.09 Å². The van der Waals surface area contributed by atoms with Gasteiger partial charge in [0.05, 0.1) is 24.3 Å². The Bertz CT molecular complexity index is 1450. The third kappa shape index (κ3) is 5.46. The highest BCUT2D eigenvalue weighted by atomic mass is 79.9. The Morgan fingerprint density at radius 2 is 1.95 bits per heavy atom. The van der Waals surface area contributed by atoms with Gasteiger partial charge in [-0.1, -0.05) is 23.7 Å². The average Bonchev–Trinajstić information content (AvgIpc) is 3.22. The van der Waals surface area contributed by atoms with E-state index in [4.69, 9.17) is 36.3 Å². The number of aromatic nitrogens is 5. The molecule has 4 aromatic rings. The summed E-state index contributed by atoms with van der Waals surface area (Å²) in [5.41, 5.74) is 1.54. The summed E-state index contributed by atoms with van der Waals surface area (Å²) in [6.45, 7) is 3.61. The van der Waals surface area contributed by atoms with Crippen molar-refractivity contribution >= 4 is 50.6 Å². The van der Waals surface area contributed by atoms with Gasteiger partial charge in [-0.25, -0.2) is 19.4 Å². The number of anilines is 1. The Labute approximate surface area is 231 Å². The summed E-state index contributed by atoms with van der Waals surface area (Å²) < 4.78 is 13.7. The monoisotopic (exact) mass is 601 g/mol. The Morgan fingerprint density at radius 3 is 2.61 bits per heavy atom. The largest absolute Gasteiger partial charge is 0.497 e. The minimum absolute atomic E-state index is 0.262. The number of nitrogens with zero attached hydrogens (tertiary/aromatic N) is 6. The van der Waals surface area contributed by atoms with Crippen molar-refractivity contribution in [3.63, 3.8) is 0 Å². The van der Waals surface area contributed by atoms with Gasteiger partial charge in [-0.15, -0.1) is 5.10 Å². The van der Waals surface area contributed by atoms with Crippen LogP contribution >= 0.6 is 27.5 Å². The number of halogens is 2. The lowest BCUT2D eigenvalue weighted by Gasteiger charge is -2.39. The van der Waals surface area contributed by atoms with Gasteiger partial charge in [0.25, 0.3) is 5.88 Å². The molecule has 1 aliphatic rings. The smallest absolute Gasteiger partial charge is 0.405 e. The van der Waals surface area contributed by atoms with Gasteiger partial charge in [-0.2, -0.15) is 0 Å². The minimum atomic E-state index is -1.02. The average molecular weight is 603 g/mol. The molecule has 4 heterocycles. The van der Waals surface area contributed by atoms with Crippen molar-refractivity contribution < 1.29 is 19.4 Å². The number of piperidine rings is 1. The number of carboxylic acid groups (broad SMARTS) is 1. The molecule has 0 radical (unpaired) electrons. The number of rotatable bonds is 7. The van der Waals surface area contributed by atoms with Crippen molar-refractivity contribution in [2.24, 2.45) is 0 Å². The highest BCUT2D eigenvalue weighted by Crippen LogP contribution is 2.37. The van der Waals surface area contributed by atoms with Gasteiger partial charge in [0.2, 0.25) is 0 Å². The molecule has 38 heavy (non-hydrogen) atoms. The molecule has 1 saturated heterocycles. The summed E-state index contributed by atoms with van der Waals surface area (Å²) in [4.78, 5) is 26.9. The van der Waals surface area contributed by atoms with Crippen LogP contribution in [-0.2, 0) is 6.54 Å². The van der Waals surface area contributed by atoms with Crippen molar-refractivity contribution in [3.8, 4) is 17.4 Å². The highest BCUT2D eigenvalue weighted by molar-refractivity contribution is 9.10. The second-order valence-electron chi connectivity index (χ2n) is 9.22. The van der Waals surface area contributed by atoms with Crippen LogP contribution in [-0.4, -0.2) is 61.7 Å². The second kappa shape index (κ2) is 10.6. The van der Waals surface area contributed by atoms with Gasteiger partial charge in [0.15, 0.2) is 16.9 Å². The van der Waals surface area contributed by atoms with Gasteiger partial charge < -0.3 is 24.8 Å². The number of methoxy groups -OCH3 is 1. The molecule has 0 spiro atoms. The molecule has 3 aromatic heterocycles. The molecule has 11 nitrogen and oxygen atoms in total. The van der Waals surface area contributed by atoms with Crippen LogP contribution in [0, 0.1) is 0 Å². The second-order valence-corrected chi connectivity index (χ2v) is 10.5. The summed E-state index contributed by atoms with van der Waals surface area (Å²) in [6.07, 6.45) is 5.04. The lowest BCUT2D eigenvalue weighted by Crippen LogP contribution is -2.53. The molecule has 1 aliphatic heterocycles. The van der Waals surface area contributed by atoms with Crippen LogP contribution in [0.5, 0.6) is 17.4 Å². The predicted molar refractivity (Wildman–Crippen MR) is 145 cm³/mol. The first-order valence-electron chi connectivity index (χ1n) is 11.8. The molecule has 0 atom stereocenters. The van der Waals surface area contributed by atoms with E-state index < -0.39 is 11.6 Å². The van der Waals surface area contributed by atoms with Crippen molar-refractivity contribution in [1.82, 2.24) is 30.0 Å². The van der Waals surface area contributed by atoms with E-state index >= 15 is 0 Å². The van der Waals surface area contributed by atoms with Crippen LogP contribution in [0.2, 0.25) is 5.02 Å². The molecule has 1 fully saturated rings. The Kier molecular flexibility index (Phi) is 7.26. The number of nitrogens with one attached hydrogen (secondary N) is 1. The lowest BCUT2D eigenvalue weighted by atomic mass is 9.90. The zero-order chi connectivity index (χ0) is 26.9. The number of ether oxygens (including phenoxy) is 2. The van der Waals surface area contributed by atoms with Gasteiger partial charge in [0, 0.05) is 31.0 Å². The number of pyridine rings is 1. The van der Waals surface area contributed by atoms with Gasteiger partial charge in [0.1, 0.15) is 16.6 Å². The summed E-state index contributed by atoms with van der Waals surface area (Å²) >= 11 is 9.76. The molecule has 0 aliphatic carbocycles. The highest BCUT2D eigenvalue weighted by Gasteiger charge is 2.32. The number of amides is 1. The summed E-state index contributed by atoms with van der Waals surface area (Å²) in [5.74, 6) is 2.08. The van der Waals surface area contributed by atoms with Crippen molar-refractivity contribution in [1.29, 1.82) is 0 Å². The van der Waals surface area contributed by atoms with E-state index in [0.717, 1.165) is 11.3 Å². The van der Waals surface area contributed by atoms with Crippen molar-refractivity contribution in [2.75, 3.05) is 25.1 Å². The zero-order valence-corrected chi connectivity index (χ0v) is 23.0. The van der Waals surface area contributed by atoms with Gasteiger partial charge in [-0.3, -0.25) is 4.98 Å². The molecule has 1 amide bonds. The number of carbonyl (C=O) groups is 1. The number of hydrogen-bond donors (Lipinski definition) is 2. The van der Waals surface area contributed by atoms with Gasteiger partial charge in [-0.05, 0) is 53.4 Å². The first-order valence-corrected chi connectivity index (χ1v) is 13.0. The third-order valence-electron chi connectivity index (χ3n) is 6.50. The molecule has 198 valence electrons. The Hall–Kier alpha value is -3.64. The SMILES string of the molecule is COc1ccc(Cn2nc(Oc3c(Cl)cncc3Br)c3ncc(N4CCC(C)(NC(=O)O)CC4)nc32)cc1. The Morgan fingerprint density at radius 1 is 1.21 bits per heavy atom. The fourth-order valence-corrected chi connectivity index (χ4v) is 5.07. The summed E-state index contributed by atoms with van der Waals surface area (Å²) in [5, 5.41) is 16.8. The molecule has 1 aromatic carbocycles. The van der Waals surface area contributed by atoms with E-state index in [1.807, 2.05) is 31.2 Å². The quantitative estimate of drug-likeness (QED) is 0.296. The first kappa shape index (κ1) is 26.0. The maximum atomic E-state index is 11.2. The van der Waals surface area contributed by atoms with Crippen LogP contribution < -0.4 is 19.7 Å². The zero-order valence-electron chi connectivity index (χ0n) is 20.7. The predicted octanol–water partition coefficient (Wildman–Crippen LogP) is 5.11. The molecule has 0 saturated carbocycles. The molecule has 0 bridgehead atoms. The maximum Gasteiger partial charge on any atom is 0.405 e. The van der Waals surface area contributed by atoms with Crippen LogP contribution in [0.25, 0.3) is 11.2 Å². The van der Waals surface area contributed by atoms with E-state index in [0.29, 0.717) is 64.7 Å². The Balaban J connectivity index is 1.49. The first-order chi connectivity index (χ1) is 18.2. The van der Waals surface area contributed by atoms with E-state index in [1.54, 1.807) is 24.2 Å². The molecule has 5 rings (SSSR count). The maximum absolute atomic E-state index is 11.2. The van der Waals surface area contributed by atoms with Crippen LogP contribution in [0.4, 0.5) is 10.6 Å². The molecule has 2 N–H and O–H groups in total. The topological polar surface area (TPSA) is 128 Å². The normalized spacial score (nSPS) is 14.9. The van der Waals surface area contributed by atoms with Crippen LogP contribution in [0.3, 0.4) is 0 Å². The van der Waals surface area contributed by atoms with Crippen molar-refractivity contribution in [2.45, 2.75) is 31.8 Å². The van der Waals surface area contributed by atoms with E-state index in [2.05, 4.69) is 36.1 Å². The summed E-state index contributed by atoms with van der Waals surface area (Å²) in [6, 6.07) is 7.70. The molecular weight excluding hydrogens is 578 g/mol. The number of benzene rings is 1. The van der Waals surface area contributed by atoms with Crippen LogP contribution in [0.1, 0.15) is 25.3 Å². The van der Waals surface area contributed by atoms with Crippen LogP contribution in [0.15, 0.2) is 47.3 Å². The standard InChI is InChI=1S/C25H25BrClN7O4/c1-25(31-24(35)36)7-9-33(10-8-25)19-13-29-20-22(30-19)34(14-15-3-5-16(37-2)6-4-15)32-23(20)38-21-17(26)11-28-12-18(21)27/h3-6,11-13,31H,7-10,14H2,1-2H3,(H,35,36). The number of fused-ring (bicyclic) bond motifs is 1. The third-order valence-corrected chi connectivity index (χ3v) is 7.33. The van der Waals surface area contributed by atoms with E-state index in [-0.39, 0.29) is 5.88 Å². The molecule has 13 heteroatoms. The minimum Gasteiger partial charge on any atom is -0.497 e. The number of hydrogen-bond acceptors (Lipinski definition) is 8. The molecule has 0 unspecified atom stereocenters. The van der Waals surface area contributed by atoms with E-state index in [9.17, 15) is 4.79 Å². The molecular formula is C25H25BrClN7O4.